The van der Waals surface area contributed by atoms with Gasteiger partial charge in [0.15, 0.2) is 0 Å². The SMILES string of the molecule is Cn1cc2cccc(-c3ncc(C(F)(F)F)cc3Cl)c2n1. The highest BCUT2D eigenvalue weighted by Crippen LogP contribution is 2.35. The van der Waals surface area contributed by atoms with Crippen LogP contribution in [0.3, 0.4) is 0 Å². The van der Waals surface area contributed by atoms with E-state index in [9.17, 15) is 13.2 Å². The van der Waals surface area contributed by atoms with Gasteiger partial charge in [0.25, 0.3) is 0 Å². The molecule has 0 aliphatic rings. The van der Waals surface area contributed by atoms with Gasteiger partial charge >= 0.3 is 6.18 Å². The molecule has 0 amide bonds. The molecule has 2 aromatic heterocycles. The third-order valence-corrected chi connectivity index (χ3v) is 3.36. The van der Waals surface area contributed by atoms with E-state index in [2.05, 4.69) is 10.1 Å². The van der Waals surface area contributed by atoms with Gasteiger partial charge in [0.1, 0.15) is 5.52 Å². The Bertz CT molecular complexity index is 824. The lowest BCUT2D eigenvalue weighted by Crippen LogP contribution is -2.05. The van der Waals surface area contributed by atoms with Crippen LogP contribution in [-0.2, 0) is 13.2 Å². The van der Waals surface area contributed by atoms with Crippen molar-refractivity contribution in [2.75, 3.05) is 0 Å². The average molecular weight is 312 g/mol. The maximum absolute atomic E-state index is 12.6. The molecule has 3 nitrogen and oxygen atoms in total. The summed E-state index contributed by atoms with van der Waals surface area (Å²) in [5, 5.41) is 5.11. The highest BCUT2D eigenvalue weighted by Gasteiger charge is 2.31. The van der Waals surface area contributed by atoms with Gasteiger partial charge in [-0.25, -0.2) is 0 Å². The number of pyridine rings is 1. The Hall–Kier alpha value is -2.08. The largest absolute Gasteiger partial charge is 0.417 e. The van der Waals surface area contributed by atoms with Gasteiger partial charge in [-0.3, -0.25) is 9.67 Å². The smallest absolute Gasteiger partial charge is 0.275 e. The topological polar surface area (TPSA) is 30.7 Å². The Labute approximate surface area is 123 Å². The van der Waals surface area contributed by atoms with E-state index >= 15 is 0 Å². The number of nitrogens with zero attached hydrogens (tertiary/aromatic N) is 3. The van der Waals surface area contributed by atoms with Crippen molar-refractivity contribution in [3.63, 3.8) is 0 Å². The van der Waals surface area contributed by atoms with Crippen LogP contribution in [0.25, 0.3) is 22.2 Å². The van der Waals surface area contributed by atoms with Crippen molar-refractivity contribution < 1.29 is 13.2 Å². The summed E-state index contributed by atoms with van der Waals surface area (Å²) < 4.78 is 39.6. The van der Waals surface area contributed by atoms with Crippen LogP contribution < -0.4 is 0 Å². The average Bonchev–Trinajstić information content (AvgIpc) is 2.77. The maximum Gasteiger partial charge on any atom is 0.417 e. The lowest BCUT2D eigenvalue weighted by Gasteiger charge is -2.09. The molecule has 0 N–H and O–H groups in total. The van der Waals surface area contributed by atoms with E-state index in [1.165, 1.54) is 0 Å². The fourth-order valence-electron chi connectivity index (χ4n) is 2.15. The summed E-state index contributed by atoms with van der Waals surface area (Å²) in [6.45, 7) is 0. The molecule has 3 rings (SSSR count). The molecule has 1 aromatic carbocycles. The van der Waals surface area contributed by atoms with E-state index in [1.807, 2.05) is 12.3 Å². The molecule has 0 bridgehead atoms. The quantitative estimate of drug-likeness (QED) is 0.670. The molecule has 0 aliphatic heterocycles. The molecule has 7 heteroatoms. The second-order valence-corrected chi connectivity index (χ2v) is 5.01. The first kappa shape index (κ1) is 13.9. The van der Waals surface area contributed by atoms with Gasteiger partial charge in [0, 0.05) is 30.4 Å². The maximum atomic E-state index is 12.6. The monoisotopic (exact) mass is 311 g/mol. The first-order valence-corrected chi connectivity index (χ1v) is 6.39. The van der Waals surface area contributed by atoms with Crippen LogP contribution in [0.15, 0.2) is 36.7 Å². The molecular formula is C14H9ClF3N3. The molecule has 0 unspecified atom stereocenters. The third-order valence-electron chi connectivity index (χ3n) is 3.07. The Balaban J connectivity index is 2.19. The fourth-order valence-corrected chi connectivity index (χ4v) is 2.42. The number of benzene rings is 1. The highest BCUT2D eigenvalue weighted by atomic mass is 35.5. The van der Waals surface area contributed by atoms with Crippen molar-refractivity contribution in [2.24, 2.45) is 7.05 Å². The molecule has 3 aromatic rings. The normalized spacial score (nSPS) is 12.0. The van der Waals surface area contributed by atoms with E-state index in [0.717, 1.165) is 17.6 Å². The van der Waals surface area contributed by atoms with E-state index in [4.69, 9.17) is 11.6 Å². The summed E-state index contributed by atoms with van der Waals surface area (Å²) >= 11 is 5.98. The summed E-state index contributed by atoms with van der Waals surface area (Å²) in [5.74, 6) is 0. The van der Waals surface area contributed by atoms with Crippen LogP contribution in [0.4, 0.5) is 13.2 Å². The van der Waals surface area contributed by atoms with Crippen LogP contribution in [0.5, 0.6) is 0 Å². The van der Waals surface area contributed by atoms with Crippen molar-refractivity contribution >= 4 is 22.5 Å². The molecule has 0 radical (unpaired) electrons. The minimum absolute atomic E-state index is 0.0528. The molecule has 108 valence electrons. The number of fused-ring (bicyclic) bond motifs is 1. The van der Waals surface area contributed by atoms with Gasteiger partial charge in [-0.05, 0) is 6.07 Å². The van der Waals surface area contributed by atoms with Crippen molar-refractivity contribution in [1.82, 2.24) is 14.8 Å². The number of rotatable bonds is 1. The minimum atomic E-state index is -4.47. The van der Waals surface area contributed by atoms with Crippen LogP contribution in [-0.4, -0.2) is 14.8 Å². The van der Waals surface area contributed by atoms with Gasteiger partial charge in [0.05, 0.1) is 16.3 Å². The van der Waals surface area contributed by atoms with E-state index in [0.29, 0.717) is 11.1 Å². The van der Waals surface area contributed by atoms with Crippen molar-refractivity contribution in [3.8, 4) is 11.3 Å². The van der Waals surface area contributed by atoms with Gasteiger partial charge in [-0.1, -0.05) is 29.8 Å². The van der Waals surface area contributed by atoms with Gasteiger partial charge < -0.3 is 0 Å². The van der Waals surface area contributed by atoms with Crippen LogP contribution in [0.2, 0.25) is 5.02 Å². The molecular weight excluding hydrogens is 303 g/mol. The predicted molar refractivity (Wildman–Crippen MR) is 74.0 cm³/mol. The molecule has 0 fully saturated rings. The molecule has 0 atom stereocenters. The van der Waals surface area contributed by atoms with Crippen molar-refractivity contribution in [1.29, 1.82) is 0 Å². The molecule has 0 saturated carbocycles. The Kier molecular flexibility index (Phi) is 3.13. The van der Waals surface area contributed by atoms with Crippen molar-refractivity contribution in [3.05, 3.63) is 47.2 Å². The molecule has 0 spiro atoms. The second-order valence-electron chi connectivity index (χ2n) is 4.60. The standard InChI is InChI=1S/C14H9ClF3N3/c1-21-7-8-3-2-4-10(12(8)20-21)13-11(15)5-9(6-19-13)14(16,17)18/h2-7H,1H3. The van der Waals surface area contributed by atoms with E-state index < -0.39 is 11.7 Å². The van der Waals surface area contributed by atoms with E-state index in [1.54, 1.807) is 23.9 Å². The number of halogens is 4. The molecule has 0 aliphatic carbocycles. The van der Waals surface area contributed by atoms with Crippen LogP contribution >= 0.6 is 11.6 Å². The third kappa shape index (κ3) is 2.47. The summed E-state index contributed by atoms with van der Waals surface area (Å²) in [6.07, 6.45) is -1.87. The van der Waals surface area contributed by atoms with Crippen LogP contribution in [0.1, 0.15) is 5.56 Å². The van der Waals surface area contributed by atoms with Gasteiger partial charge in [0.2, 0.25) is 0 Å². The zero-order valence-corrected chi connectivity index (χ0v) is 11.6. The molecule has 21 heavy (non-hydrogen) atoms. The van der Waals surface area contributed by atoms with Gasteiger partial charge in [-0.2, -0.15) is 18.3 Å². The number of aromatic nitrogens is 3. The number of hydrogen-bond acceptors (Lipinski definition) is 2. The first-order valence-electron chi connectivity index (χ1n) is 6.02. The van der Waals surface area contributed by atoms with Crippen LogP contribution in [0, 0.1) is 0 Å². The highest BCUT2D eigenvalue weighted by molar-refractivity contribution is 6.33. The molecule has 0 saturated heterocycles. The Morgan fingerprint density at radius 1 is 1.24 bits per heavy atom. The summed E-state index contributed by atoms with van der Waals surface area (Å²) in [7, 11) is 1.77. The summed E-state index contributed by atoms with van der Waals surface area (Å²) in [6, 6.07) is 6.27. The lowest BCUT2D eigenvalue weighted by atomic mass is 10.1. The Morgan fingerprint density at radius 2 is 2.00 bits per heavy atom. The number of alkyl halides is 3. The molecule has 2 heterocycles. The summed E-state index contributed by atoms with van der Waals surface area (Å²) in [4.78, 5) is 3.87. The van der Waals surface area contributed by atoms with E-state index in [-0.39, 0.29) is 10.7 Å². The van der Waals surface area contributed by atoms with Crippen molar-refractivity contribution in [2.45, 2.75) is 6.18 Å². The minimum Gasteiger partial charge on any atom is -0.275 e. The summed E-state index contributed by atoms with van der Waals surface area (Å²) in [5.41, 5.74) is 0.666. The fraction of sp³-hybridized carbons (Fsp3) is 0.143. The lowest BCUT2D eigenvalue weighted by molar-refractivity contribution is -0.137. The predicted octanol–water partition coefficient (Wildman–Crippen LogP) is 4.31. The number of hydrogen-bond donors (Lipinski definition) is 0. The number of aryl methyl sites for hydroxylation is 1. The Morgan fingerprint density at radius 3 is 2.67 bits per heavy atom. The van der Waals surface area contributed by atoms with Gasteiger partial charge in [-0.15, -0.1) is 0 Å². The second kappa shape index (κ2) is 4.73. The zero-order chi connectivity index (χ0) is 15.2. The zero-order valence-electron chi connectivity index (χ0n) is 10.8. The first-order chi connectivity index (χ1) is 9.86.